The monoisotopic (exact) mass is 208 g/mol. The molecule has 1 nitrogen and oxygen atoms in total. The SMILES string of the molecule is CC[C@H](c1cc(C(C)(C)C)co1)C(C)C. The van der Waals surface area contributed by atoms with Gasteiger partial charge < -0.3 is 4.42 Å². The van der Waals surface area contributed by atoms with Crippen molar-refractivity contribution >= 4 is 0 Å². The summed E-state index contributed by atoms with van der Waals surface area (Å²) in [5.41, 5.74) is 1.49. The van der Waals surface area contributed by atoms with E-state index in [0.29, 0.717) is 11.8 Å². The number of rotatable bonds is 3. The van der Waals surface area contributed by atoms with E-state index in [2.05, 4.69) is 47.6 Å². The van der Waals surface area contributed by atoms with Gasteiger partial charge in [-0.15, -0.1) is 0 Å². The van der Waals surface area contributed by atoms with Crippen LogP contribution in [0.2, 0.25) is 0 Å². The van der Waals surface area contributed by atoms with E-state index in [1.165, 1.54) is 5.56 Å². The Morgan fingerprint density at radius 2 is 1.87 bits per heavy atom. The normalized spacial score (nSPS) is 14.6. The average Bonchev–Trinajstić information content (AvgIpc) is 2.52. The van der Waals surface area contributed by atoms with E-state index < -0.39 is 0 Å². The maximum atomic E-state index is 5.71. The van der Waals surface area contributed by atoms with Gasteiger partial charge in [0.05, 0.1) is 6.26 Å². The Labute approximate surface area is 93.9 Å². The van der Waals surface area contributed by atoms with E-state index in [1.807, 2.05) is 6.26 Å². The Kier molecular flexibility index (Phi) is 3.64. The van der Waals surface area contributed by atoms with Crippen LogP contribution in [0.5, 0.6) is 0 Å². The molecule has 15 heavy (non-hydrogen) atoms. The van der Waals surface area contributed by atoms with Gasteiger partial charge in [-0.25, -0.2) is 0 Å². The van der Waals surface area contributed by atoms with Crippen LogP contribution >= 0.6 is 0 Å². The van der Waals surface area contributed by atoms with Gasteiger partial charge >= 0.3 is 0 Å². The van der Waals surface area contributed by atoms with Gasteiger partial charge in [-0.05, 0) is 29.4 Å². The highest BCUT2D eigenvalue weighted by molar-refractivity contribution is 5.23. The largest absolute Gasteiger partial charge is 0.469 e. The van der Waals surface area contributed by atoms with Gasteiger partial charge in [-0.3, -0.25) is 0 Å². The van der Waals surface area contributed by atoms with Gasteiger partial charge in [0.25, 0.3) is 0 Å². The number of hydrogen-bond acceptors (Lipinski definition) is 1. The minimum absolute atomic E-state index is 0.191. The standard InChI is InChI=1S/C14H24O/c1-7-12(10(2)3)13-8-11(9-15-13)14(4,5)6/h8-10,12H,7H2,1-6H3/t12-/m0/s1. The predicted octanol–water partition coefficient (Wildman–Crippen LogP) is 4.73. The van der Waals surface area contributed by atoms with E-state index in [-0.39, 0.29) is 5.41 Å². The van der Waals surface area contributed by atoms with Gasteiger partial charge in [-0.2, -0.15) is 0 Å². The average molecular weight is 208 g/mol. The van der Waals surface area contributed by atoms with Crippen molar-refractivity contribution in [3.8, 4) is 0 Å². The highest BCUT2D eigenvalue weighted by Crippen LogP contribution is 2.32. The van der Waals surface area contributed by atoms with Gasteiger partial charge in [0.1, 0.15) is 5.76 Å². The highest BCUT2D eigenvalue weighted by Gasteiger charge is 2.21. The smallest absolute Gasteiger partial charge is 0.107 e. The third-order valence-corrected chi connectivity index (χ3v) is 3.10. The van der Waals surface area contributed by atoms with Crippen LogP contribution in [0, 0.1) is 5.92 Å². The zero-order valence-corrected chi connectivity index (χ0v) is 10.9. The Morgan fingerprint density at radius 1 is 1.27 bits per heavy atom. The molecule has 0 bridgehead atoms. The van der Waals surface area contributed by atoms with Crippen LogP contribution in [0.3, 0.4) is 0 Å². The zero-order valence-electron chi connectivity index (χ0n) is 10.9. The molecule has 0 aliphatic heterocycles. The molecule has 1 aromatic heterocycles. The lowest BCUT2D eigenvalue weighted by Crippen LogP contribution is -2.09. The van der Waals surface area contributed by atoms with Gasteiger partial charge in [0.15, 0.2) is 0 Å². The molecule has 0 aromatic carbocycles. The van der Waals surface area contributed by atoms with Crippen LogP contribution < -0.4 is 0 Å². The molecule has 0 saturated carbocycles. The minimum Gasteiger partial charge on any atom is -0.469 e. The third kappa shape index (κ3) is 2.87. The molecule has 1 atom stereocenters. The fourth-order valence-corrected chi connectivity index (χ4v) is 1.94. The summed E-state index contributed by atoms with van der Waals surface area (Å²) in [5.74, 6) is 2.35. The summed E-state index contributed by atoms with van der Waals surface area (Å²) < 4.78 is 5.71. The molecule has 1 heteroatoms. The Morgan fingerprint density at radius 3 is 2.20 bits per heavy atom. The first-order chi connectivity index (χ1) is 6.86. The lowest BCUT2D eigenvalue weighted by Gasteiger charge is -2.17. The van der Waals surface area contributed by atoms with Crippen molar-refractivity contribution in [3.63, 3.8) is 0 Å². The summed E-state index contributed by atoms with van der Waals surface area (Å²) in [5, 5.41) is 0. The van der Waals surface area contributed by atoms with Crippen molar-refractivity contribution in [3.05, 3.63) is 23.7 Å². The fraction of sp³-hybridized carbons (Fsp3) is 0.714. The number of furan rings is 1. The van der Waals surface area contributed by atoms with Crippen LogP contribution in [0.15, 0.2) is 16.7 Å². The van der Waals surface area contributed by atoms with E-state index in [9.17, 15) is 0 Å². The molecule has 0 amide bonds. The Balaban J connectivity index is 2.92. The molecule has 0 radical (unpaired) electrons. The molecule has 86 valence electrons. The number of hydrogen-bond donors (Lipinski definition) is 0. The Bertz CT molecular complexity index is 301. The minimum atomic E-state index is 0.191. The summed E-state index contributed by atoms with van der Waals surface area (Å²) >= 11 is 0. The second kappa shape index (κ2) is 4.42. The van der Waals surface area contributed by atoms with Crippen molar-refractivity contribution in [2.75, 3.05) is 0 Å². The van der Waals surface area contributed by atoms with Gasteiger partial charge in [0.2, 0.25) is 0 Å². The summed E-state index contributed by atoms with van der Waals surface area (Å²) in [7, 11) is 0. The van der Waals surface area contributed by atoms with E-state index >= 15 is 0 Å². The van der Waals surface area contributed by atoms with Crippen LogP contribution in [0.25, 0.3) is 0 Å². The molecule has 1 heterocycles. The summed E-state index contributed by atoms with van der Waals surface area (Å²) in [6.45, 7) is 13.4. The second-order valence-electron chi connectivity index (χ2n) is 5.75. The van der Waals surface area contributed by atoms with Crippen LogP contribution in [0.4, 0.5) is 0 Å². The van der Waals surface area contributed by atoms with Crippen molar-refractivity contribution in [1.82, 2.24) is 0 Å². The van der Waals surface area contributed by atoms with Crippen LogP contribution in [-0.4, -0.2) is 0 Å². The summed E-state index contributed by atoms with van der Waals surface area (Å²) in [6.07, 6.45) is 3.06. The Hall–Kier alpha value is -0.720. The molecule has 0 fully saturated rings. The topological polar surface area (TPSA) is 13.1 Å². The van der Waals surface area contributed by atoms with E-state index in [1.54, 1.807) is 0 Å². The zero-order chi connectivity index (χ0) is 11.6. The molecule has 0 unspecified atom stereocenters. The quantitative estimate of drug-likeness (QED) is 0.700. The lowest BCUT2D eigenvalue weighted by atomic mass is 9.86. The van der Waals surface area contributed by atoms with Crippen LogP contribution in [0.1, 0.15) is 65.2 Å². The molecule has 0 spiro atoms. The molecular formula is C14H24O. The molecule has 1 aromatic rings. The molecule has 0 saturated heterocycles. The first-order valence-electron chi connectivity index (χ1n) is 5.95. The summed E-state index contributed by atoms with van der Waals surface area (Å²) in [6, 6.07) is 2.23. The van der Waals surface area contributed by atoms with Crippen molar-refractivity contribution in [2.45, 2.75) is 59.3 Å². The van der Waals surface area contributed by atoms with Gasteiger partial charge in [0, 0.05) is 5.92 Å². The third-order valence-electron chi connectivity index (χ3n) is 3.10. The first kappa shape index (κ1) is 12.4. The second-order valence-corrected chi connectivity index (χ2v) is 5.75. The van der Waals surface area contributed by atoms with Crippen molar-refractivity contribution < 1.29 is 4.42 Å². The van der Waals surface area contributed by atoms with E-state index in [4.69, 9.17) is 4.42 Å². The fourth-order valence-electron chi connectivity index (χ4n) is 1.94. The maximum Gasteiger partial charge on any atom is 0.107 e. The summed E-state index contributed by atoms with van der Waals surface area (Å²) in [4.78, 5) is 0. The molecule has 0 N–H and O–H groups in total. The molecular weight excluding hydrogens is 184 g/mol. The first-order valence-corrected chi connectivity index (χ1v) is 5.95. The lowest BCUT2D eigenvalue weighted by molar-refractivity contribution is 0.386. The van der Waals surface area contributed by atoms with Crippen molar-refractivity contribution in [2.24, 2.45) is 5.92 Å². The highest BCUT2D eigenvalue weighted by atomic mass is 16.3. The predicted molar refractivity (Wildman–Crippen MR) is 65.3 cm³/mol. The molecule has 1 rings (SSSR count). The van der Waals surface area contributed by atoms with Crippen LogP contribution in [-0.2, 0) is 5.41 Å². The maximum absolute atomic E-state index is 5.71. The van der Waals surface area contributed by atoms with Gasteiger partial charge in [-0.1, -0.05) is 41.5 Å². The molecule has 0 aliphatic rings. The molecule has 0 aliphatic carbocycles. The van der Waals surface area contributed by atoms with Crippen molar-refractivity contribution in [1.29, 1.82) is 0 Å². The van der Waals surface area contributed by atoms with E-state index in [0.717, 1.165) is 12.2 Å².